The molecule has 4 heteroatoms. The summed E-state index contributed by atoms with van der Waals surface area (Å²) in [7, 11) is 1.95. The summed E-state index contributed by atoms with van der Waals surface area (Å²) >= 11 is 6.35. The quantitative estimate of drug-likeness (QED) is 0.915. The van der Waals surface area contributed by atoms with Crippen molar-refractivity contribution in [3.05, 3.63) is 16.4 Å². The summed E-state index contributed by atoms with van der Waals surface area (Å²) in [5, 5.41) is 15.1. The van der Waals surface area contributed by atoms with Gasteiger partial charge >= 0.3 is 0 Å². The van der Waals surface area contributed by atoms with E-state index >= 15 is 0 Å². The van der Waals surface area contributed by atoms with Gasteiger partial charge in [-0.15, -0.1) is 0 Å². The first-order valence-electron chi connectivity index (χ1n) is 6.84. The van der Waals surface area contributed by atoms with Gasteiger partial charge in [-0.25, -0.2) is 0 Å². The predicted octanol–water partition coefficient (Wildman–Crippen LogP) is 2.72. The first-order chi connectivity index (χ1) is 8.55. The van der Waals surface area contributed by atoms with Crippen LogP contribution in [0.3, 0.4) is 0 Å². The minimum atomic E-state index is 0.0623. The van der Waals surface area contributed by atoms with Crippen molar-refractivity contribution in [3.63, 3.8) is 0 Å². The number of nitrogens with zero attached hydrogens (tertiary/aromatic N) is 2. The number of fused-ring (bicyclic) bond motifs is 2. The molecule has 100 valence electrons. The Kier molecular flexibility index (Phi) is 2.94. The van der Waals surface area contributed by atoms with Gasteiger partial charge in [-0.05, 0) is 44.4 Å². The standard InChI is InChI=1S/C14H21ClN2O/c1-9-13(15)12(17(2)16-9)7-14(8-18)6-10-3-4-11(14)5-10/h10-11,18H,3-8H2,1-2H3. The van der Waals surface area contributed by atoms with Crippen LogP contribution in [0.15, 0.2) is 0 Å². The first kappa shape index (κ1) is 12.5. The monoisotopic (exact) mass is 268 g/mol. The van der Waals surface area contributed by atoms with Crippen molar-refractivity contribution in [3.8, 4) is 0 Å². The van der Waals surface area contributed by atoms with E-state index in [2.05, 4.69) is 5.10 Å². The van der Waals surface area contributed by atoms with Crippen molar-refractivity contribution < 1.29 is 5.11 Å². The molecule has 3 nitrogen and oxygen atoms in total. The highest BCUT2D eigenvalue weighted by molar-refractivity contribution is 6.31. The molecule has 3 atom stereocenters. The van der Waals surface area contributed by atoms with Crippen molar-refractivity contribution in [1.82, 2.24) is 9.78 Å². The van der Waals surface area contributed by atoms with Gasteiger partial charge in [0.15, 0.2) is 0 Å². The van der Waals surface area contributed by atoms with Gasteiger partial charge < -0.3 is 5.11 Å². The molecular weight excluding hydrogens is 248 g/mol. The zero-order valence-electron chi connectivity index (χ0n) is 11.1. The number of aliphatic hydroxyl groups excluding tert-OH is 1. The average Bonchev–Trinajstić information content (AvgIpc) is 3.00. The molecule has 1 aromatic heterocycles. The maximum absolute atomic E-state index is 9.92. The molecule has 2 aliphatic carbocycles. The lowest BCUT2D eigenvalue weighted by molar-refractivity contribution is 0.0634. The third kappa shape index (κ3) is 1.71. The average molecular weight is 269 g/mol. The first-order valence-corrected chi connectivity index (χ1v) is 7.22. The summed E-state index contributed by atoms with van der Waals surface area (Å²) < 4.78 is 1.89. The highest BCUT2D eigenvalue weighted by Crippen LogP contribution is 2.57. The number of aliphatic hydroxyl groups is 1. The maximum atomic E-state index is 9.92. The van der Waals surface area contributed by atoms with Crippen molar-refractivity contribution in [2.24, 2.45) is 24.3 Å². The Morgan fingerprint density at radius 1 is 1.50 bits per heavy atom. The molecule has 0 saturated heterocycles. The molecule has 3 unspecified atom stereocenters. The van der Waals surface area contributed by atoms with Crippen LogP contribution < -0.4 is 0 Å². The second-order valence-electron chi connectivity index (χ2n) is 6.25. The smallest absolute Gasteiger partial charge is 0.0847 e. The fraction of sp³-hybridized carbons (Fsp3) is 0.786. The molecule has 1 heterocycles. The summed E-state index contributed by atoms with van der Waals surface area (Å²) in [5.41, 5.74) is 2.05. The van der Waals surface area contributed by atoms with Crippen molar-refractivity contribution in [1.29, 1.82) is 0 Å². The van der Waals surface area contributed by atoms with Gasteiger partial charge in [0.2, 0.25) is 0 Å². The summed E-state index contributed by atoms with van der Waals surface area (Å²) in [4.78, 5) is 0. The van der Waals surface area contributed by atoms with E-state index in [1.807, 2.05) is 18.7 Å². The summed E-state index contributed by atoms with van der Waals surface area (Å²) in [6, 6.07) is 0. The number of halogens is 1. The number of aryl methyl sites for hydroxylation is 2. The molecular formula is C14H21ClN2O. The fourth-order valence-corrected chi connectivity index (χ4v) is 4.46. The summed E-state index contributed by atoms with van der Waals surface area (Å²) in [6.45, 7) is 2.23. The van der Waals surface area contributed by atoms with Gasteiger partial charge in [0, 0.05) is 19.1 Å². The topological polar surface area (TPSA) is 38.0 Å². The van der Waals surface area contributed by atoms with Crippen LogP contribution in [-0.4, -0.2) is 21.5 Å². The molecule has 1 N–H and O–H groups in total. The third-order valence-electron chi connectivity index (χ3n) is 5.20. The van der Waals surface area contributed by atoms with Crippen LogP contribution in [0, 0.1) is 24.2 Å². The molecule has 0 spiro atoms. The highest BCUT2D eigenvalue weighted by atomic mass is 35.5. The Morgan fingerprint density at radius 3 is 2.72 bits per heavy atom. The van der Waals surface area contributed by atoms with E-state index in [9.17, 15) is 5.11 Å². The predicted molar refractivity (Wildman–Crippen MR) is 71.6 cm³/mol. The van der Waals surface area contributed by atoms with Gasteiger partial charge in [-0.3, -0.25) is 4.68 Å². The molecule has 3 rings (SSSR count). The second kappa shape index (κ2) is 4.24. The Labute approximate surface area is 113 Å². The van der Waals surface area contributed by atoms with Gasteiger partial charge in [0.1, 0.15) is 0 Å². The molecule has 2 saturated carbocycles. The second-order valence-corrected chi connectivity index (χ2v) is 6.63. The van der Waals surface area contributed by atoms with E-state index in [-0.39, 0.29) is 12.0 Å². The normalized spacial score (nSPS) is 34.4. The molecule has 0 aromatic carbocycles. The molecule has 1 aromatic rings. The highest BCUT2D eigenvalue weighted by Gasteiger charge is 2.50. The van der Waals surface area contributed by atoms with E-state index in [1.165, 1.54) is 19.3 Å². The summed E-state index contributed by atoms with van der Waals surface area (Å²) in [6.07, 6.45) is 5.97. The van der Waals surface area contributed by atoms with E-state index in [0.717, 1.165) is 35.2 Å². The number of rotatable bonds is 3. The minimum Gasteiger partial charge on any atom is -0.396 e. The number of hydrogen-bond donors (Lipinski definition) is 1. The van der Waals surface area contributed by atoms with Crippen LogP contribution in [0.2, 0.25) is 5.02 Å². The van der Waals surface area contributed by atoms with Crippen molar-refractivity contribution in [2.75, 3.05) is 6.61 Å². The third-order valence-corrected chi connectivity index (χ3v) is 5.69. The Balaban J connectivity index is 1.91. The van der Waals surface area contributed by atoms with Crippen LogP contribution in [0.1, 0.15) is 37.1 Å². The molecule has 0 amide bonds. The van der Waals surface area contributed by atoms with Crippen molar-refractivity contribution >= 4 is 11.6 Å². The van der Waals surface area contributed by atoms with Gasteiger partial charge in [0.05, 0.1) is 16.4 Å². The number of hydrogen-bond acceptors (Lipinski definition) is 2. The van der Waals surface area contributed by atoms with Crippen LogP contribution in [0.5, 0.6) is 0 Å². The van der Waals surface area contributed by atoms with Gasteiger partial charge in [-0.1, -0.05) is 18.0 Å². The van der Waals surface area contributed by atoms with Gasteiger partial charge in [0.25, 0.3) is 0 Å². The molecule has 0 aliphatic heterocycles. The molecule has 0 radical (unpaired) electrons. The molecule has 18 heavy (non-hydrogen) atoms. The zero-order valence-corrected chi connectivity index (χ0v) is 11.9. The lowest BCUT2D eigenvalue weighted by Gasteiger charge is -2.36. The van der Waals surface area contributed by atoms with Crippen LogP contribution in [0.25, 0.3) is 0 Å². The summed E-state index contributed by atoms with van der Waals surface area (Å²) in [5.74, 6) is 1.51. The van der Waals surface area contributed by atoms with Crippen LogP contribution in [0.4, 0.5) is 0 Å². The lowest BCUT2D eigenvalue weighted by atomic mass is 9.70. The molecule has 2 aliphatic rings. The maximum Gasteiger partial charge on any atom is 0.0847 e. The Hall–Kier alpha value is -0.540. The zero-order chi connectivity index (χ0) is 12.9. The van der Waals surface area contributed by atoms with Crippen molar-refractivity contribution in [2.45, 2.75) is 39.0 Å². The Bertz CT molecular complexity index is 471. The van der Waals surface area contributed by atoms with E-state index < -0.39 is 0 Å². The van der Waals surface area contributed by atoms with Crippen LogP contribution >= 0.6 is 11.6 Å². The molecule has 2 fully saturated rings. The van der Waals surface area contributed by atoms with Crippen LogP contribution in [-0.2, 0) is 13.5 Å². The largest absolute Gasteiger partial charge is 0.396 e. The number of aromatic nitrogens is 2. The van der Waals surface area contributed by atoms with Gasteiger partial charge in [-0.2, -0.15) is 5.10 Å². The molecule has 2 bridgehead atoms. The SMILES string of the molecule is Cc1nn(C)c(CC2(CO)CC3CCC2C3)c1Cl. The Morgan fingerprint density at radius 2 is 2.28 bits per heavy atom. The fourth-order valence-electron chi connectivity index (χ4n) is 4.23. The van der Waals surface area contributed by atoms with E-state index in [4.69, 9.17) is 11.6 Å². The van der Waals surface area contributed by atoms with E-state index in [0.29, 0.717) is 5.92 Å². The van der Waals surface area contributed by atoms with E-state index in [1.54, 1.807) is 0 Å². The minimum absolute atomic E-state index is 0.0623. The lowest BCUT2D eigenvalue weighted by Crippen LogP contribution is -2.34.